The first-order valence-corrected chi connectivity index (χ1v) is 7.24. The SMILES string of the molecule is CCNC(=NCc1ccccc1F)NCc1ccc(C(N)=O)o1. The number of guanidine groups is 1. The molecule has 1 aromatic heterocycles. The molecule has 1 heterocycles. The molecule has 1 aromatic carbocycles. The van der Waals surface area contributed by atoms with Crippen LogP contribution in [-0.2, 0) is 13.1 Å². The van der Waals surface area contributed by atoms with E-state index in [2.05, 4.69) is 15.6 Å². The number of benzene rings is 1. The van der Waals surface area contributed by atoms with Gasteiger partial charge in [-0.05, 0) is 25.1 Å². The number of nitrogens with one attached hydrogen (secondary N) is 2. The fourth-order valence-corrected chi connectivity index (χ4v) is 1.91. The Hall–Kier alpha value is -2.83. The number of rotatable bonds is 6. The molecule has 0 saturated heterocycles. The Labute approximate surface area is 133 Å². The molecule has 4 N–H and O–H groups in total. The average molecular weight is 318 g/mol. The van der Waals surface area contributed by atoms with Crippen molar-refractivity contribution in [1.82, 2.24) is 10.6 Å². The Morgan fingerprint density at radius 1 is 1.26 bits per heavy atom. The van der Waals surface area contributed by atoms with Crippen LogP contribution >= 0.6 is 0 Å². The second kappa shape index (κ2) is 7.98. The van der Waals surface area contributed by atoms with Crippen molar-refractivity contribution < 1.29 is 13.6 Å². The van der Waals surface area contributed by atoms with Crippen molar-refractivity contribution in [1.29, 1.82) is 0 Å². The van der Waals surface area contributed by atoms with Crippen molar-refractivity contribution in [3.63, 3.8) is 0 Å². The van der Waals surface area contributed by atoms with Crippen molar-refractivity contribution in [2.45, 2.75) is 20.0 Å². The van der Waals surface area contributed by atoms with Gasteiger partial charge in [0, 0.05) is 12.1 Å². The Balaban J connectivity index is 1.98. The summed E-state index contributed by atoms with van der Waals surface area (Å²) in [7, 11) is 0. The standard InChI is InChI=1S/C16H19FN4O2/c1-2-19-16(20-9-11-5-3-4-6-13(11)17)21-10-12-7-8-14(23-12)15(18)22/h3-8H,2,9-10H2,1H3,(H2,18,22)(H2,19,20,21). The molecule has 23 heavy (non-hydrogen) atoms. The van der Waals surface area contributed by atoms with Crippen LogP contribution < -0.4 is 16.4 Å². The van der Waals surface area contributed by atoms with Crippen molar-refractivity contribution in [3.8, 4) is 0 Å². The van der Waals surface area contributed by atoms with Gasteiger partial charge in [0.1, 0.15) is 11.6 Å². The van der Waals surface area contributed by atoms with Crippen LogP contribution in [0.15, 0.2) is 45.8 Å². The van der Waals surface area contributed by atoms with Gasteiger partial charge < -0.3 is 20.8 Å². The number of halogens is 1. The molecule has 2 aromatic rings. The van der Waals surface area contributed by atoms with E-state index in [-0.39, 0.29) is 18.1 Å². The summed E-state index contributed by atoms with van der Waals surface area (Å²) in [6, 6.07) is 9.67. The van der Waals surface area contributed by atoms with E-state index < -0.39 is 5.91 Å². The molecule has 0 atom stereocenters. The van der Waals surface area contributed by atoms with Crippen molar-refractivity contribution in [2.75, 3.05) is 6.54 Å². The minimum atomic E-state index is -0.614. The van der Waals surface area contributed by atoms with Gasteiger partial charge in [-0.2, -0.15) is 0 Å². The molecule has 122 valence electrons. The zero-order chi connectivity index (χ0) is 16.7. The second-order valence-electron chi connectivity index (χ2n) is 4.77. The lowest BCUT2D eigenvalue weighted by atomic mass is 10.2. The van der Waals surface area contributed by atoms with E-state index in [9.17, 15) is 9.18 Å². The van der Waals surface area contributed by atoms with Crippen LogP contribution in [0.1, 0.15) is 28.8 Å². The van der Waals surface area contributed by atoms with Crippen LogP contribution in [0.3, 0.4) is 0 Å². The average Bonchev–Trinajstić information content (AvgIpc) is 3.00. The summed E-state index contributed by atoms with van der Waals surface area (Å²) in [4.78, 5) is 15.3. The number of nitrogens with two attached hydrogens (primary N) is 1. The monoisotopic (exact) mass is 318 g/mol. The quantitative estimate of drug-likeness (QED) is 0.559. The fourth-order valence-electron chi connectivity index (χ4n) is 1.91. The van der Waals surface area contributed by atoms with Gasteiger partial charge in [0.25, 0.3) is 5.91 Å². The Bertz CT molecular complexity index is 697. The van der Waals surface area contributed by atoms with E-state index in [1.807, 2.05) is 6.92 Å². The number of furan rings is 1. The van der Waals surface area contributed by atoms with Gasteiger partial charge in [0.2, 0.25) is 0 Å². The van der Waals surface area contributed by atoms with Gasteiger partial charge in [0.05, 0.1) is 13.1 Å². The lowest BCUT2D eigenvalue weighted by Gasteiger charge is -2.10. The van der Waals surface area contributed by atoms with Crippen LogP contribution in [0, 0.1) is 5.82 Å². The summed E-state index contributed by atoms with van der Waals surface area (Å²) >= 11 is 0. The molecule has 0 fully saturated rings. The molecular formula is C16H19FN4O2. The molecule has 0 bridgehead atoms. The van der Waals surface area contributed by atoms with Gasteiger partial charge in [-0.1, -0.05) is 18.2 Å². The van der Waals surface area contributed by atoms with Crippen molar-refractivity contribution in [2.24, 2.45) is 10.7 Å². The lowest BCUT2D eigenvalue weighted by Crippen LogP contribution is -2.36. The number of nitrogens with zero attached hydrogens (tertiary/aromatic N) is 1. The number of amides is 1. The maximum absolute atomic E-state index is 13.6. The zero-order valence-corrected chi connectivity index (χ0v) is 12.8. The van der Waals surface area contributed by atoms with E-state index in [1.54, 1.807) is 24.3 Å². The van der Waals surface area contributed by atoms with Crippen molar-refractivity contribution >= 4 is 11.9 Å². The second-order valence-corrected chi connectivity index (χ2v) is 4.77. The first-order chi connectivity index (χ1) is 11.1. The molecule has 2 rings (SSSR count). The smallest absolute Gasteiger partial charge is 0.284 e. The summed E-state index contributed by atoms with van der Waals surface area (Å²) in [6.45, 7) is 3.13. The van der Waals surface area contributed by atoms with Crippen LogP contribution in [0.5, 0.6) is 0 Å². The highest BCUT2D eigenvalue weighted by atomic mass is 19.1. The Morgan fingerprint density at radius 3 is 2.70 bits per heavy atom. The molecule has 7 heteroatoms. The Morgan fingerprint density at radius 2 is 2.04 bits per heavy atom. The van der Waals surface area contributed by atoms with Gasteiger partial charge >= 0.3 is 0 Å². The molecule has 0 aliphatic rings. The normalized spacial score (nSPS) is 11.3. The van der Waals surface area contributed by atoms with Crippen LogP contribution in [0.4, 0.5) is 4.39 Å². The first-order valence-electron chi connectivity index (χ1n) is 7.24. The molecule has 0 radical (unpaired) electrons. The summed E-state index contributed by atoms with van der Waals surface area (Å²) in [5, 5.41) is 6.10. The summed E-state index contributed by atoms with van der Waals surface area (Å²) in [5.41, 5.74) is 5.65. The third-order valence-electron chi connectivity index (χ3n) is 3.04. The van der Waals surface area contributed by atoms with E-state index >= 15 is 0 Å². The maximum Gasteiger partial charge on any atom is 0.284 e. The van der Waals surface area contributed by atoms with Crippen molar-refractivity contribution in [3.05, 3.63) is 59.3 Å². The highest BCUT2D eigenvalue weighted by Gasteiger charge is 2.07. The van der Waals surface area contributed by atoms with Gasteiger partial charge in [-0.3, -0.25) is 4.79 Å². The number of hydrogen-bond donors (Lipinski definition) is 3. The molecular weight excluding hydrogens is 299 g/mol. The van der Waals surface area contributed by atoms with Gasteiger partial charge in [-0.15, -0.1) is 0 Å². The van der Waals surface area contributed by atoms with E-state index in [0.29, 0.717) is 30.4 Å². The summed E-state index contributed by atoms with van der Waals surface area (Å²) < 4.78 is 18.9. The van der Waals surface area contributed by atoms with E-state index in [1.165, 1.54) is 12.1 Å². The number of hydrogen-bond acceptors (Lipinski definition) is 3. The van der Waals surface area contributed by atoms with Crippen LogP contribution in [-0.4, -0.2) is 18.4 Å². The predicted octanol–water partition coefficient (Wildman–Crippen LogP) is 1.77. The topological polar surface area (TPSA) is 92.6 Å². The fraction of sp³-hybridized carbons (Fsp3) is 0.250. The molecule has 1 amide bonds. The van der Waals surface area contributed by atoms with E-state index in [0.717, 1.165) is 0 Å². The highest BCUT2D eigenvalue weighted by molar-refractivity contribution is 5.89. The maximum atomic E-state index is 13.6. The number of aliphatic imine (C=N–C) groups is 1. The predicted molar refractivity (Wildman–Crippen MR) is 85.3 cm³/mol. The largest absolute Gasteiger partial charge is 0.454 e. The van der Waals surface area contributed by atoms with Crippen LogP contribution in [0.25, 0.3) is 0 Å². The molecule has 0 aliphatic carbocycles. The third-order valence-corrected chi connectivity index (χ3v) is 3.04. The summed E-state index contributed by atoms with van der Waals surface area (Å²) in [5.74, 6) is 0.277. The number of carbonyl (C=O) groups is 1. The number of primary amides is 1. The molecule has 0 aliphatic heterocycles. The Kier molecular flexibility index (Phi) is 5.74. The van der Waals surface area contributed by atoms with E-state index in [4.69, 9.17) is 10.2 Å². The summed E-state index contributed by atoms with van der Waals surface area (Å²) in [6.07, 6.45) is 0. The molecule has 6 nitrogen and oxygen atoms in total. The highest BCUT2D eigenvalue weighted by Crippen LogP contribution is 2.08. The van der Waals surface area contributed by atoms with Crippen LogP contribution in [0.2, 0.25) is 0 Å². The minimum Gasteiger partial charge on any atom is -0.454 e. The van der Waals surface area contributed by atoms with Gasteiger partial charge in [0.15, 0.2) is 11.7 Å². The molecule has 0 spiro atoms. The molecule has 0 saturated carbocycles. The third kappa shape index (κ3) is 4.84. The first kappa shape index (κ1) is 16.5. The molecule has 0 unspecified atom stereocenters. The van der Waals surface area contributed by atoms with Gasteiger partial charge in [-0.25, -0.2) is 9.38 Å². The zero-order valence-electron chi connectivity index (χ0n) is 12.8. The lowest BCUT2D eigenvalue weighted by molar-refractivity contribution is 0.0972. The minimum absolute atomic E-state index is 0.107. The number of carbonyl (C=O) groups excluding carboxylic acids is 1.